The van der Waals surface area contributed by atoms with E-state index in [0.717, 1.165) is 0 Å². The minimum Gasteiger partial charge on any atom is -0.492 e. The molecule has 0 fully saturated rings. The summed E-state index contributed by atoms with van der Waals surface area (Å²) in [5.41, 5.74) is 5.80. The minimum absolute atomic E-state index is 0.377. The van der Waals surface area contributed by atoms with Gasteiger partial charge in [-0.3, -0.25) is 0 Å². The molecule has 0 aliphatic heterocycles. The van der Waals surface area contributed by atoms with Crippen molar-refractivity contribution in [1.29, 1.82) is 0 Å². The molecule has 0 saturated heterocycles. The minimum atomic E-state index is -4.64. The van der Waals surface area contributed by atoms with Gasteiger partial charge in [-0.15, -0.1) is 0 Å². The lowest BCUT2D eigenvalue weighted by Crippen LogP contribution is -2.25. The average Bonchev–Trinajstić information content (AvgIpc) is 2.33. The van der Waals surface area contributed by atoms with Crippen molar-refractivity contribution < 1.29 is 23.0 Å². The largest absolute Gasteiger partial charge is 0.492 e. The number of aliphatic hydroxyl groups is 1. The lowest BCUT2D eigenvalue weighted by atomic mass is 10.2. The van der Waals surface area contributed by atoms with Gasteiger partial charge < -0.3 is 15.6 Å². The average molecular weight is 261 g/mol. The third-order valence-corrected chi connectivity index (χ3v) is 2.07. The maximum absolute atomic E-state index is 12.0. The van der Waals surface area contributed by atoms with E-state index in [0.29, 0.717) is 30.5 Å². The molecule has 0 aromatic heterocycles. The predicted molar refractivity (Wildman–Crippen MR) is 62.1 cm³/mol. The van der Waals surface area contributed by atoms with Crippen LogP contribution in [-0.2, 0) is 0 Å². The summed E-state index contributed by atoms with van der Waals surface area (Å²) in [4.78, 5) is 0. The number of alkyl halides is 3. The first-order valence-electron chi connectivity index (χ1n) is 5.29. The van der Waals surface area contributed by atoms with Gasteiger partial charge in [0, 0.05) is 6.54 Å². The topological polar surface area (TPSA) is 55.5 Å². The van der Waals surface area contributed by atoms with Crippen molar-refractivity contribution in [1.82, 2.24) is 0 Å². The Labute approximate surface area is 103 Å². The van der Waals surface area contributed by atoms with Crippen molar-refractivity contribution in [3.05, 3.63) is 35.9 Å². The second kappa shape index (κ2) is 6.42. The molecule has 6 heteroatoms. The van der Waals surface area contributed by atoms with Gasteiger partial charge in [-0.25, -0.2) is 0 Å². The van der Waals surface area contributed by atoms with Crippen LogP contribution in [0.5, 0.6) is 5.75 Å². The van der Waals surface area contributed by atoms with E-state index in [2.05, 4.69) is 0 Å². The van der Waals surface area contributed by atoms with Crippen molar-refractivity contribution in [2.24, 2.45) is 5.73 Å². The van der Waals surface area contributed by atoms with E-state index in [9.17, 15) is 13.2 Å². The van der Waals surface area contributed by atoms with Crippen LogP contribution in [0, 0.1) is 0 Å². The monoisotopic (exact) mass is 261 g/mol. The fraction of sp³-hybridized carbons (Fsp3) is 0.333. The molecule has 0 heterocycles. The van der Waals surface area contributed by atoms with Gasteiger partial charge in [0.25, 0.3) is 0 Å². The number of aliphatic hydroxyl groups excluding tert-OH is 1. The first kappa shape index (κ1) is 14.5. The van der Waals surface area contributed by atoms with Gasteiger partial charge in [-0.2, -0.15) is 13.2 Å². The molecule has 1 rings (SSSR count). The molecule has 1 aromatic rings. The van der Waals surface area contributed by atoms with Crippen LogP contribution in [0.1, 0.15) is 5.56 Å². The highest BCUT2D eigenvalue weighted by Gasteiger charge is 2.35. The van der Waals surface area contributed by atoms with Crippen LogP contribution in [0.15, 0.2) is 30.3 Å². The molecule has 0 aliphatic rings. The second-order valence-electron chi connectivity index (χ2n) is 3.55. The Hall–Kier alpha value is -1.53. The van der Waals surface area contributed by atoms with Crippen LogP contribution in [0.4, 0.5) is 13.2 Å². The maximum atomic E-state index is 12.0. The number of halogens is 3. The van der Waals surface area contributed by atoms with Crippen molar-refractivity contribution in [2.75, 3.05) is 13.2 Å². The summed E-state index contributed by atoms with van der Waals surface area (Å²) >= 11 is 0. The van der Waals surface area contributed by atoms with Crippen molar-refractivity contribution >= 4 is 6.08 Å². The highest BCUT2D eigenvalue weighted by molar-refractivity contribution is 5.51. The molecule has 100 valence electrons. The van der Waals surface area contributed by atoms with E-state index in [1.807, 2.05) is 0 Å². The van der Waals surface area contributed by atoms with E-state index >= 15 is 0 Å². The van der Waals surface area contributed by atoms with Crippen LogP contribution in [0.25, 0.3) is 6.08 Å². The summed E-state index contributed by atoms with van der Waals surface area (Å²) in [7, 11) is 0. The highest BCUT2D eigenvalue weighted by Crippen LogP contribution is 2.21. The molecule has 1 atom stereocenters. The highest BCUT2D eigenvalue weighted by atomic mass is 19.4. The van der Waals surface area contributed by atoms with Gasteiger partial charge in [-0.1, -0.05) is 18.2 Å². The van der Waals surface area contributed by atoms with Crippen LogP contribution in [0.3, 0.4) is 0 Å². The summed E-state index contributed by atoms with van der Waals surface area (Å²) < 4.78 is 41.3. The van der Waals surface area contributed by atoms with E-state index < -0.39 is 12.3 Å². The number of benzene rings is 1. The molecule has 1 unspecified atom stereocenters. The summed E-state index contributed by atoms with van der Waals surface area (Å²) in [6, 6.07) is 6.42. The molecule has 0 bridgehead atoms. The molecule has 1 aromatic carbocycles. The summed E-state index contributed by atoms with van der Waals surface area (Å²) in [5, 5.41) is 8.77. The van der Waals surface area contributed by atoms with E-state index in [4.69, 9.17) is 15.6 Å². The second-order valence-corrected chi connectivity index (χ2v) is 3.55. The molecule has 0 aliphatic carbocycles. The quantitative estimate of drug-likeness (QED) is 0.852. The Bertz CT molecular complexity index is 387. The third-order valence-electron chi connectivity index (χ3n) is 2.07. The molecule has 0 amide bonds. The zero-order valence-corrected chi connectivity index (χ0v) is 9.52. The Morgan fingerprint density at radius 1 is 1.28 bits per heavy atom. The third kappa shape index (κ3) is 4.77. The molecule has 3 nitrogen and oxygen atoms in total. The Morgan fingerprint density at radius 2 is 1.89 bits per heavy atom. The van der Waals surface area contributed by atoms with Gasteiger partial charge in [0.1, 0.15) is 12.4 Å². The fourth-order valence-corrected chi connectivity index (χ4v) is 1.16. The van der Waals surface area contributed by atoms with Crippen molar-refractivity contribution in [2.45, 2.75) is 12.3 Å². The Balaban J connectivity index is 2.61. The van der Waals surface area contributed by atoms with Gasteiger partial charge in [-0.05, 0) is 23.8 Å². The zero-order valence-electron chi connectivity index (χ0n) is 9.52. The van der Waals surface area contributed by atoms with Crippen LogP contribution >= 0.6 is 0 Å². The van der Waals surface area contributed by atoms with Gasteiger partial charge in [0.15, 0.2) is 6.10 Å². The number of ether oxygens (including phenoxy) is 1. The van der Waals surface area contributed by atoms with Crippen LogP contribution < -0.4 is 10.5 Å². The molecule has 18 heavy (non-hydrogen) atoms. The number of nitrogens with two attached hydrogens (primary N) is 1. The lowest BCUT2D eigenvalue weighted by molar-refractivity contribution is -0.187. The summed E-state index contributed by atoms with van der Waals surface area (Å²) in [5.74, 6) is 0.592. The summed E-state index contributed by atoms with van der Waals surface area (Å²) in [6.07, 6.45) is -5.20. The first-order chi connectivity index (χ1) is 8.43. The Kier molecular flexibility index (Phi) is 5.18. The maximum Gasteiger partial charge on any atom is 0.417 e. The zero-order chi connectivity index (χ0) is 13.6. The number of hydrogen-bond acceptors (Lipinski definition) is 3. The number of rotatable bonds is 5. The van der Waals surface area contributed by atoms with Crippen LogP contribution in [0.2, 0.25) is 0 Å². The molecular weight excluding hydrogens is 247 g/mol. The number of hydrogen-bond donors (Lipinski definition) is 2. The van der Waals surface area contributed by atoms with E-state index in [1.165, 1.54) is 6.08 Å². The van der Waals surface area contributed by atoms with Crippen molar-refractivity contribution in [3.8, 4) is 5.75 Å². The molecule has 0 radical (unpaired) electrons. The van der Waals surface area contributed by atoms with Crippen molar-refractivity contribution in [3.63, 3.8) is 0 Å². The Morgan fingerprint density at radius 3 is 2.39 bits per heavy atom. The molecule has 3 N–H and O–H groups in total. The SMILES string of the molecule is NCCOc1ccc(/C=C/C(O)C(F)(F)F)cc1. The van der Waals surface area contributed by atoms with Crippen LogP contribution in [-0.4, -0.2) is 30.5 Å². The predicted octanol–water partition coefficient (Wildman–Crippen LogP) is 1.96. The molecule has 0 saturated carbocycles. The van der Waals surface area contributed by atoms with Gasteiger partial charge in [0.05, 0.1) is 0 Å². The normalized spacial score (nSPS) is 13.8. The van der Waals surface area contributed by atoms with E-state index in [-0.39, 0.29) is 0 Å². The fourth-order valence-electron chi connectivity index (χ4n) is 1.16. The molecular formula is C12H14F3NO2. The standard InChI is InChI=1S/C12H14F3NO2/c13-12(14,15)11(17)6-3-9-1-4-10(5-2-9)18-8-7-16/h1-6,11,17H,7-8,16H2/b6-3+. The van der Waals surface area contributed by atoms with E-state index in [1.54, 1.807) is 24.3 Å². The lowest BCUT2D eigenvalue weighted by Gasteiger charge is -2.09. The van der Waals surface area contributed by atoms with Gasteiger partial charge in [0.2, 0.25) is 0 Å². The first-order valence-corrected chi connectivity index (χ1v) is 5.29. The molecule has 0 spiro atoms. The summed E-state index contributed by atoms with van der Waals surface area (Å²) in [6.45, 7) is 0.765. The smallest absolute Gasteiger partial charge is 0.417 e. The van der Waals surface area contributed by atoms with Gasteiger partial charge >= 0.3 is 6.18 Å².